The molecular weight excluding hydrogens is 267 g/mol. The predicted molar refractivity (Wildman–Crippen MR) is 80.2 cm³/mol. The van der Waals surface area contributed by atoms with Gasteiger partial charge in [-0.05, 0) is 19.9 Å². The number of aliphatic hydroxyl groups is 1. The molecule has 0 fully saturated rings. The van der Waals surface area contributed by atoms with Gasteiger partial charge in [0.05, 0.1) is 24.0 Å². The van der Waals surface area contributed by atoms with Crippen molar-refractivity contribution >= 4 is 30.6 Å². The van der Waals surface area contributed by atoms with Crippen molar-refractivity contribution in [2.45, 2.75) is 26.0 Å². The molecule has 0 saturated heterocycles. The third-order valence-corrected chi connectivity index (χ3v) is 2.83. The van der Waals surface area contributed by atoms with Gasteiger partial charge in [-0.25, -0.2) is 4.52 Å². The number of aromatic nitrogens is 5. The molecular formula is C13H15BN6O. The Kier molecular flexibility index (Phi) is 3.17. The number of anilines is 2. The topological polar surface area (TPSA) is 80.3 Å². The Balaban J connectivity index is 1.81. The van der Waals surface area contributed by atoms with Crippen LogP contribution >= 0.6 is 0 Å². The molecule has 0 amide bonds. The van der Waals surface area contributed by atoms with Crippen LogP contribution in [0.2, 0.25) is 0 Å². The maximum absolute atomic E-state index is 9.77. The second kappa shape index (κ2) is 4.89. The Bertz CT molecular complexity index is 772. The zero-order valence-corrected chi connectivity index (χ0v) is 11.9. The summed E-state index contributed by atoms with van der Waals surface area (Å²) < 4.78 is 3.27. The highest BCUT2D eigenvalue weighted by Crippen LogP contribution is 2.14. The number of nitrogens with zero attached hydrogens (tertiary/aromatic N) is 5. The second-order valence-electron chi connectivity index (χ2n) is 5.53. The van der Waals surface area contributed by atoms with Crippen molar-refractivity contribution in [3.63, 3.8) is 0 Å². The lowest BCUT2D eigenvalue weighted by Crippen LogP contribution is -2.26. The van der Waals surface area contributed by atoms with E-state index < -0.39 is 5.60 Å². The van der Waals surface area contributed by atoms with Crippen molar-refractivity contribution < 1.29 is 5.11 Å². The molecule has 106 valence electrons. The van der Waals surface area contributed by atoms with Crippen LogP contribution in [0.25, 0.3) is 5.65 Å². The SMILES string of the molecule is [B]c1cccn2nc(Nc3cnn(CC(C)(C)O)c3)nc12. The first kappa shape index (κ1) is 13.6. The minimum Gasteiger partial charge on any atom is -0.389 e. The minimum atomic E-state index is -0.820. The molecule has 0 aromatic carbocycles. The lowest BCUT2D eigenvalue weighted by atomic mass is 9.98. The van der Waals surface area contributed by atoms with E-state index in [1.807, 2.05) is 6.07 Å². The van der Waals surface area contributed by atoms with E-state index in [4.69, 9.17) is 7.85 Å². The van der Waals surface area contributed by atoms with Crippen LogP contribution in [0.4, 0.5) is 11.6 Å². The van der Waals surface area contributed by atoms with Crippen molar-refractivity contribution in [1.82, 2.24) is 24.4 Å². The molecule has 21 heavy (non-hydrogen) atoms. The van der Waals surface area contributed by atoms with E-state index in [0.29, 0.717) is 23.6 Å². The fourth-order valence-electron chi connectivity index (χ4n) is 2.02. The first-order valence-electron chi connectivity index (χ1n) is 6.53. The Morgan fingerprint density at radius 1 is 1.43 bits per heavy atom. The Hall–Kier alpha value is -2.35. The fourth-order valence-corrected chi connectivity index (χ4v) is 2.02. The van der Waals surface area contributed by atoms with Gasteiger partial charge >= 0.3 is 0 Å². The zero-order chi connectivity index (χ0) is 15.0. The highest BCUT2D eigenvalue weighted by Gasteiger charge is 2.14. The van der Waals surface area contributed by atoms with Crippen LogP contribution in [0.1, 0.15) is 13.8 Å². The molecule has 0 saturated carbocycles. The van der Waals surface area contributed by atoms with Crippen molar-refractivity contribution in [3.05, 3.63) is 30.7 Å². The summed E-state index contributed by atoms with van der Waals surface area (Å²) in [6.45, 7) is 3.86. The number of hydrogen-bond donors (Lipinski definition) is 2. The summed E-state index contributed by atoms with van der Waals surface area (Å²) in [4.78, 5) is 4.32. The van der Waals surface area contributed by atoms with Crippen LogP contribution in [0.15, 0.2) is 30.7 Å². The molecule has 0 aliphatic rings. The van der Waals surface area contributed by atoms with E-state index in [2.05, 4.69) is 20.5 Å². The highest BCUT2D eigenvalue weighted by molar-refractivity contribution is 6.36. The van der Waals surface area contributed by atoms with Gasteiger partial charge in [-0.1, -0.05) is 11.5 Å². The molecule has 3 aromatic heterocycles. The van der Waals surface area contributed by atoms with Gasteiger partial charge in [0.15, 0.2) is 5.65 Å². The van der Waals surface area contributed by atoms with Crippen molar-refractivity contribution in [3.8, 4) is 0 Å². The molecule has 0 spiro atoms. The van der Waals surface area contributed by atoms with Gasteiger partial charge in [-0.2, -0.15) is 10.1 Å². The first-order valence-corrected chi connectivity index (χ1v) is 6.53. The zero-order valence-electron chi connectivity index (χ0n) is 11.9. The summed E-state index contributed by atoms with van der Waals surface area (Å²) >= 11 is 0. The summed E-state index contributed by atoms with van der Waals surface area (Å²) in [6, 6.07) is 3.58. The maximum atomic E-state index is 9.77. The van der Waals surface area contributed by atoms with Gasteiger partial charge in [0.1, 0.15) is 7.85 Å². The van der Waals surface area contributed by atoms with Crippen LogP contribution in [0, 0.1) is 0 Å². The minimum absolute atomic E-state index is 0.403. The largest absolute Gasteiger partial charge is 0.389 e. The standard InChI is InChI=1S/C13H15BN6O/c1-13(2,21)8-19-7-9(6-15-19)16-12-17-11-10(14)4-3-5-20(11)18-12/h3-7,21H,8H2,1-2H3,(H,16,18). The normalized spacial score (nSPS) is 12.0. The highest BCUT2D eigenvalue weighted by atomic mass is 16.3. The van der Waals surface area contributed by atoms with E-state index in [9.17, 15) is 5.11 Å². The van der Waals surface area contributed by atoms with Gasteiger partial charge in [0, 0.05) is 12.4 Å². The number of fused-ring (bicyclic) bond motifs is 1. The molecule has 0 aliphatic carbocycles. The molecule has 0 atom stereocenters. The molecule has 2 radical (unpaired) electrons. The number of pyridine rings is 1. The quantitative estimate of drug-likeness (QED) is 0.670. The van der Waals surface area contributed by atoms with Crippen molar-refractivity contribution in [2.24, 2.45) is 0 Å². The predicted octanol–water partition coefficient (Wildman–Crippen LogP) is 0.234. The van der Waals surface area contributed by atoms with E-state index in [1.165, 1.54) is 0 Å². The van der Waals surface area contributed by atoms with Crippen LogP contribution in [-0.2, 0) is 6.54 Å². The average Bonchev–Trinajstić information content (AvgIpc) is 2.95. The summed E-state index contributed by atoms with van der Waals surface area (Å²) in [5.74, 6) is 0.440. The molecule has 8 heteroatoms. The Morgan fingerprint density at radius 3 is 2.95 bits per heavy atom. The molecule has 0 bridgehead atoms. The molecule has 0 aliphatic heterocycles. The summed E-state index contributed by atoms with van der Waals surface area (Å²) in [6.07, 6.45) is 5.22. The molecule has 0 unspecified atom stereocenters. The second-order valence-corrected chi connectivity index (χ2v) is 5.53. The molecule has 3 aromatic rings. The summed E-state index contributed by atoms with van der Waals surface area (Å²) in [7, 11) is 5.84. The van der Waals surface area contributed by atoms with E-state index in [0.717, 1.165) is 5.69 Å². The van der Waals surface area contributed by atoms with Gasteiger partial charge in [0.25, 0.3) is 0 Å². The lowest BCUT2D eigenvalue weighted by molar-refractivity contribution is 0.0578. The van der Waals surface area contributed by atoms with Crippen LogP contribution in [-0.4, -0.2) is 42.9 Å². The fraction of sp³-hybridized carbons (Fsp3) is 0.308. The van der Waals surface area contributed by atoms with Crippen LogP contribution < -0.4 is 10.8 Å². The van der Waals surface area contributed by atoms with E-state index in [-0.39, 0.29) is 0 Å². The third kappa shape index (κ3) is 3.05. The van der Waals surface area contributed by atoms with Gasteiger partial charge in [-0.3, -0.25) is 4.68 Å². The monoisotopic (exact) mass is 282 g/mol. The maximum Gasteiger partial charge on any atom is 0.247 e. The average molecular weight is 282 g/mol. The first-order chi connectivity index (χ1) is 9.90. The third-order valence-electron chi connectivity index (χ3n) is 2.83. The molecule has 7 nitrogen and oxygen atoms in total. The van der Waals surface area contributed by atoms with Crippen molar-refractivity contribution in [1.29, 1.82) is 0 Å². The van der Waals surface area contributed by atoms with Gasteiger partial charge in [-0.15, -0.1) is 5.10 Å². The van der Waals surface area contributed by atoms with Gasteiger partial charge in [0.2, 0.25) is 5.95 Å². The van der Waals surface area contributed by atoms with E-state index >= 15 is 0 Å². The molecule has 2 N–H and O–H groups in total. The number of nitrogens with one attached hydrogen (secondary N) is 1. The molecule has 3 heterocycles. The van der Waals surface area contributed by atoms with Crippen LogP contribution in [0.3, 0.4) is 0 Å². The Labute approximate surface area is 123 Å². The lowest BCUT2D eigenvalue weighted by Gasteiger charge is -2.16. The van der Waals surface area contributed by atoms with Gasteiger partial charge < -0.3 is 10.4 Å². The van der Waals surface area contributed by atoms with Crippen molar-refractivity contribution in [2.75, 3.05) is 5.32 Å². The number of hydrogen-bond acceptors (Lipinski definition) is 5. The van der Waals surface area contributed by atoms with E-state index in [1.54, 1.807) is 47.7 Å². The Morgan fingerprint density at radius 2 is 2.24 bits per heavy atom. The molecule has 3 rings (SSSR count). The smallest absolute Gasteiger partial charge is 0.247 e. The number of rotatable bonds is 4. The summed E-state index contributed by atoms with van der Waals surface area (Å²) in [5.41, 5.74) is 1.09. The summed E-state index contributed by atoms with van der Waals surface area (Å²) in [5, 5.41) is 21.3. The van der Waals surface area contributed by atoms with Crippen LogP contribution in [0.5, 0.6) is 0 Å².